The first-order valence-corrected chi connectivity index (χ1v) is 9.67. The molecule has 0 atom stereocenters. The van der Waals surface area contributed by atoms with Crippen LogP contribution >= 0.6 is 11.3 Å². The second-order valence-corrected chi connectivity index (χ2v) is 7.69. The Morgan fingerprint density at radius 3 is 2.75 bits per heavy atom. The summed E-state index contributed by atoms with van der Waals surface area (Å²) in [5, 5.41) is 3.63. The third-order valence-corrected chi connectivity index (χ3v) is 6.04. The maximum absolute atomic E-state index is 12.8. The molecule has 4 rings (SSSR count). The molecule has 2 heterocycles. The molecule has 2 aromatic heterocycles. The van der Waals surface area contributed by atoms with Crippen molar-refractivity contribution in [1.82, 2.24) is 0 Å². The summed E-state index contributed by atoms with van der Waals surface area (Å²) in [6.45, 7) is 0. The van der Waals surface area contributed by atoms with Gasteiger partial charge in [0.25, 0.3) is 11.8 Å². The van der Waals surface area contributed by atoms with Gasteiger partial charge in [0.1, 0.15) is 21.9 Å². The molecular weight excluding hydrogens is 380 g/mol. The number of carbonyl (C=O) groups is 2. The van der Waals surface area contributed by atoms with Crippen LogP contribution in [0.15, 0.2) is 33.5 Å². The number of nitrogens with two attached hydrogens (primary N) is 1. The number of rotatable bonds is 4. The maximum atomic E-state index is 12.8. The molecule has 3 N–H and O–H groups in total. The van der Waals surface area contributed by atoms with E-state index >= 15 is 0 Å². The third kappa shape index (κ3) is 3.16. The zero-order chi connectivity index (χ0) is 19.8. The van der Waals surface area contributed by atoms with Crippen molar-refractivity contribution in [1.29, 1.82) is 0 Å². The summed E-state index contributed by atoms with van der Waals surface area (Å²) in [7, 11) is 1.53. The van der Waals surface area contributed by atoms with Crippen LogP contribution in [-0.2, 0) is 12.8 Å². The Morgan fingerprint density at radius 2 is 2.00 bits per heavy atom. The summed E-state index contributed by atoms with van der Waals surface area (Å²) in [5.41, 5.74) is 6.26. The van der Waals surface area contributed by atoms with Crippen LogP contribution in [0.5, 0.6) is 5.75 Å². The molecule has 0 radical (unpaired) electrons. The van der Waals surface area contributed by atoms with Gasteiger partial charge in [0.05, 0.1) is 12.7 Å². The van der Waals surface area contributed by atoms with Crippen molar-refractivity contribution in [3.63, 3.8) is 0 Å². The molecule has 0 unspecified atom stereocenters. The standard InChI is InChI=1S/C20H18N2O5S/c1-26-11-6-7-14-10(8-11)9-13(20(25)27-14)18(24)22-19-16(17(21)23)12-4-2-3-5-15(12)28-19/h6-9H,2-5H2,1H3,(H2,21,23)(H,22,24). The van der Waals surface area contributed by atoms with Crippen LogP contribution in [-0.4, -0.2) is 18.9 Å². The predicted molar refractivity (Wildman–Crippen MR) is 106 cm³/mol. The monoisotopic (exact) mass is 398 g/mol. The van der Waals surface area contributed by atoms with E-state index in [1.165, 1.54) is 24.5 Å². The highest BCUT2D eigenvalue weighted by Gasteiger charge is 2.26. The molecule has 1 aliphatic carbocycles. The van der Waals surface area contributed by atoms with Crippen molar-refractivity contribution in [2.45, 2.75) is 25.7 Å². The van der Waals surface area contributed by atoms with Crippen molar-refractivity contribution in [3.8, 4) is 5.75 Å². The second kappa shape index (κ2) is 7.12. The highest BCUT2D eigenvalue weighted by molar-refractivity contribution is 7.17. The van der Waals surface area contributed by atoms with Gasteiger partial charge >= 0.3 is 5.63 Å². The van der Waals surface area contributed by atoms with Crippen LogP contribution in [0.4, 0.5) is 5.00 Å². The van der Waals surface area contributed by atoms with Crippen molar-refractivity contribution >= 4 is 39.1 Å². The fourth-order valence-corrected chi connectivity index (χ4v) is 4.76. The fraction of sp³-hybridized carbons (Fsp3) is 0.250. The number of amides is 2. The van der Waals surface area contributed by atoms with E-state index in [-0.39, 0.29) is 5.56 Å². The molecule has 1 aromatic carbocycles. The van der Waals surface area contributed by atoms with Gasteiger partial charge in [-0.2, -0.15) is 0 Å². The van der Waals surface area contributed by atoms with Crippen molar-refractivity contribution in [2.24, 2.45) is 5.73 Å². The molecule has 0 spiro atoms. The molecule has 0 fully saturated rings. The Balaban J connectivity index is 1.73. The largest absolute Gasteiger partial charge is 0.497 e. The highest BCUT2D eigenvalue weighted by atomic mass is 32.1. The van der Waals surface area contributed by atoms with Crippen LogP contribution < -0.4 is 21.4 Å². The minimum Gasteiger partial charge on any atom is -0.497 e. The van der Waals surface area contributed by atoms with E-state index in [9.17, 15) is 14.4 Å². The van der Waals surface area contributed by atoms with Crippen LogP contribution in [0, 0.1) is 0 Å². The van der Waals surface area contributed by atoms with E-state index in [0.29, 0.717) is 27.3 Å². The molecule has 144 valence electrons. The van der Waals surface area contributed by atoms with Gasteiger partial charge in [0.2, 0.25) is 0 Å². The van der Waals surface area contributed by atoms with Crippen molar-refractivity contribution < 1.29 is 18.7 Å². The summed E-state index contributed by atoms with van der Waals surface area (Å²) in [5.74, 6) is -0.640. The molecule has 1 aliphatic rings. The lowest BCUT2D eigenvalue weighted by Gasteiger charge is -2.11. The SMILES string of the molecule is COc1ccc2oc(=O)c(C(=O)Nc3sc4c(c3C(N)=O)CCCC4)cc2c1. The van der Waals surface area contributed by atoms with Gasteiger partial charge in [-0.15, -0.1) is 11.3 Å². The smallest absolute Gasteiger partial charge is 0.349 e. The Hall–Kier alpha value is -3.13. The van der Waals surface area contributed by atoms with E-state index in [1.807, 2.05) is 0 Å². The molecular formula is C20H18N2O5S. The quantitative estimate of drug-likeness (QED) is 0.656. The Bertz CT molecular complexity index is 1160. The van der Waals surface area contributed by atoms with Gasteiger partial charge in [-0.05, 0) is 55.5 Å². The molecule has 0 saturated heterocycles. The lowest BCUT2D eigenvalue weighted by Crippen LogP contribution is -2.22. The molecule has 0 saturated carbocycles. The third-order valence-electron chi connectivity index (χ3n) is 4.83. The Morgan fingerprint density at radius 1 is 1.21 bits per heavy atom. The molecule has 28 heavy (non-hydrogen) atoms. The first-order valence-electron chi connectivity index (χ1n) is 8.85. The first kappa shape index (κ1) is 18.2. The number of methoxy groups -OCH3 is 1. The topological polar surface area (TPSA) is 112 Å². The summed E-state index contributed by atoms with van der Waals surface area (Å²) in [4.78, 5) is 38.1. The maximum Gasteiger partial charge on any atom is 0.349 e. The van der Waals surface area contributed by atoms with E-state index < -0.39 is 17.4 Å². The number of primary amides is 1. The number of aryl methyl sites for hydroxylation is 1. The molecule has 0 aliphatic heterocycles. The number of fused-ring (bicyclic) bond motifs is 2. The van der Waals surface area contributed by atoms with Crippen LogP contribution in [0.2, 0.25) is 0 Å². The summed E-state index contributed by atoms with van der Waals surface area (Å²) >= 11 is 1.34. The van der Waals surface area contributed by atoms with Gasteiger partial charge in [-0.1, -0.05) is 0 Å². The zero-order valence-corrected chi connectivity index (χ0v) is 16.0. The molecule has 8 heteroatoms. The average Bonchev–Trinajstić information content (AvgIpc) is 3.04. The number of benzene rings is 1. The lowest BCUT2D eigenvalue weighted by molar-refractivity contribution is 0.100. The van der Waals surface area contributed by atoms with E-state index in [4.69, 9.17) is 14.9 Å². The number of hydrogen-bond acceptors (Lipinski definition) is 6. The number of anilines is 1. The number of hydrogen-bond donors (Lipinski definition) is 2. The van der Waals surface area contributed by atoms with Crippen LogP contribution in [0.1, 0.15) is 44.0 Å². The first-order chi connectivity index (χ1) is 13.5. The van der Waals surface area contributed by atoms with Crippen LogP contribution in [0.3, 0.4) is 0 Å². The summed E-state index contributed by atoms with van der Waals surface area (Å²) < 4.78 is 10.4. The summed E-state index contributed by atoms with van der Waals surface area (Å²) in [6.07, 6.45) is 3.63. The molecule has 7 nitrogen and oxygen atoms in total. The number of ether oxygens (including phenoxy) is 1. The van der Waals surface area contributed by atoms with Crippen molar-refractivity contribution in [2.75, 3.05) is 12.4 Å². The molecule has 3 aromatic rings. The minimum atomic E-state index is -0.753. The van der Waals surface area contributed by atoms with Gasteiger partial charge in [0, 0.05) is 10.3 Å². The molecule has 2 amide bonds. The number of nitrogens with one attached hydrogen (secondary N) is 1. The molecule has 0 bridgehead atoms. The lowest BCUT2D eigenvalue weighted by atomic mass is 9.95. The minimum absolute atomic E-state index is 0.150. The van der Waals surface area contributed by atoms with Crippen LogP contribution in [0.25, 0.3) is 11.0 Å². The average molecular weight is 398 g/mol. The van der Waals surface area contributed by atoms with Gasteiger partial charge in [0.15, 0.2) is 0 Å². The van der Waals surface area contributed by atoms with E-state index in [0.717, 1.165) is 36.1 Å². The summed E-state index contributed by atoms with van der Waals surface area (Å²) in [6, 6.07) is 6.40. The Labute approximate surface area is 164 Å². The van der Waals surface area contributed by atoms with Gasteiger partial charge in [-0.25, -0.2) is 4.79 Å². The second-order valence-electron chi connectivity index (χ2n) is 6.58. The Kier molecular flexibility index (Phi) is 4.64. The fourth-order valence-electron chi connectivity index (χ4n) is 3.47. The number of carbonyl (C=O) groups excluding carboxylic acids is 2. The van der Waals surface area contributed by atoms with Gasteiger partial charge < -0.3 is 20.2 Å². The van der Waals surface area contributed by atoms with Crippen molar-refractivity contribution in [3.05, 3.63) is 56.3 Å². The van der Waals surface area contributed by atoms with E-state index in [1.54, 1.807) is 18.2 Å². The predicted octanol–water partition coefficient (Wildman–Crippen LogP) is 3.09. The zero-order valence-electron chi connectivity index (χ0n) is 15.2. The van der Waals surface area contributed by atoms with Gasteiger partial charge in [-0.3, -0.25) is 9.59 Å². The normalized spacial score (nSPS) is 13.2. The van der Waals surface area contributed by atoms with E-state index in [2.05, 4.69) is 5.32 Å². The highest BCUT2D eigenvalue weighted by Crippen LogP contribution is 2.38. The number of thiophene rings is 1.